The number of hydroxylamine groups is 1. The van der Waals surface area contributed by atoms with Crippen molar-refractivity contribution < 1.29 is 5.21 Å². The van der Waals surface area contributed by atoms with Crippen LogP contribution in [0.5, 0.6) is 0 Å². The van der Waals surface area contributed by atoms with Crippen LogP contribution >= 0.6 is 0 Å². The fraction of sp³-hybridized carbons (Fsp3) is 0.0909. The molecule has 0 saturated heterocycles. The van der Waals surface area contributed by atoms with Gasteiger partial charge in [-0.15, -0.1) is 0 Å². The van der Waals surface area contributed by atoms with Crippen molar-refractivity contribution in [3.63, 3.8) is 0 Å². The highest BCUT2D eigenvalue weighted by molar-refractivity contribution is 5.82. The number of hydrogen-bond acceptors (Lipinski definition) is 2. The minimum Gasteiger partial charge on any atom is -0.316 e. The van der Waals surface area contributed by atoms with Crippen LogP contribution in [-0.2, 0) is 6.54 Å². The van der Waals surface area contributed by atoms with Crippen LogP contribution in [-0.4, -0.2) is 5.21 Å². The predicted octanol–water partition coefficient (Wildman–Crippen LogP) is 2.32. The Morgan fingerprint density at radius 2 is 1.77 bits per heavy atom. The van der Waals surface area contributed by atoms with Gasteiger partial charge >= 0.3 is 0 Å². The van der Waals surface area contributed by atoms with E-state index in [2.05, 4.69) is 29.7 Å². The third kappa shape index (κ3) is 1.69. The summed E-state index contributed by atoms with van der Waals surface area (Å²) in [5.41, 5.74) is 3.23. The van der Waals surface area contributed by atoms with Crippen molar-refractivity contribution in [2.75, 3.05) is 0 Å². The fourth-order valence-electron chi connectivity index (χ4n) is 1.44. The van der Waals surface area contributed by atoms with Crippen molar-refractivity contribution in [1.82, 2.24) is 5.48 Å². The van der Waals surface area contributed by atoms with E-state index in [0.29, 0.717) is 6.54 Å². The Balaban J connectivity index is 2.49. The largest absolute Gasteiger partial charge is 0.316 e. The molecule has 0 spiro atoms. The molecule has 2 aromatic carbocycles. The van der Waals surface area contributed by atoms with Gasteiger partial charge in [-0.3, -0.25) is 0 Å². The zero-order valence-corrected chi connectivity index (χ0v) is 7.20. The van der Waals surface area contributed by atoms with Crippen molar-refractivity contribution in [2.24, 2.45) is 0 Å². The van der Waals surface area contributed by atoms with Crippen LogP contribution in [0.25, 0.3) is 10.8 Å². The van der Waals surface area contributed by atoms with Gasteiger partial charge in [0.25, 0.3) is 0 Å². The highest BCUT2D eigenvalue weighted by Gasteiger charge is 1.94. The van der Waals surface area contributed by atoms with E-state index in [4.69, 9.17) is 5.21 Å². The van der Waals surface area contributed by atoms with Gasteiger partial charge in [-0.25, -0.2) is 5.48 Å². The third-order valence-electron chi connectivity index (χ3n) is 2.10. The van der Waals surface area contributed by atoms with Gasteiger partial charge in [0.15, 0.2) is 0 Å². The van der Waals surface area contributed by atoms with E-state index in [0.717, 1.165) is 5.56 Å². The first-order valence-electron chi connectivity index (χ1n) is 4.25. The lowest BCUT2D eigenvalue weighted by atomic mass is 10.1. The summed E-state index contributed by atoms with van der Waals surface area (Å²) in [5.74, 6) is 0. The Hall–Kier alpha value is -1.38. The quantitative estimate of drug-likeness (QED) is 0.683. The minimum absolute atomic E-state index is 0.491. The summed E-state index contributed by atoms with van der Waals surface area (Å²) in [4.78, 5) is 0. The van der Waals surface area contributed by atoms with Gasteiger partial charge in [0, 0.05) is 6.54 Å². The van der Waals surface area contributed by atoms with Crippen LogP contribution in [0, 0.1) is 0 Å². The topological polar surface area (TPSA) is 32.3 Å². The average Bonchev–Trinajstić information content (AvgIpc) is 2.18. The van der Waals surface area contributed by atoms with Gasteiger partial charge in [0.05, 0.1) is 0 Å². The molecule has 2 N–H and O–H groups in total. The van der Waals surface area contributed by atoms with Gasteiger partial charge in [0.1, 0.15) is 0 Å². The summed E-state index contributed by atoms with van der Waals surface area (Å²) >= 11 is 0. The van der Waals surface area contributed by atoms with Crippen molar-refractivity contribution >= 4 is 10.8 Å². The molecule has 2 rings (SSSR count). The lowest BCUT2D eigenvalue weighted by Gasteiger charge is -2.01. The predicted molar refractivity (Wildman–Crippen MR) is 52.6 cm³/mol. The van der Waals surface area contributed by atoms with Gasteiger partial charge in [-0.1, -0.05) is 36.4 Å². The Labute approximate surface area is 76.8 Å². The standard InChI is InChI=1S/C11H11NO/c13-12-8-9-5-6-10-3-1-2-4-11(10)7-9/h1-7,12-13H,8H2. The maximum Gasteiger partial charge on any atom is 0.0458 e. The molecule has 2 heteroatoms. The highest BCUT2D eigenvalue weighted by atomic mass is 16.5. The summed E-state index contributed by atoms with van der Waals surface area (Å²) in [6, 6.07) is 14.3. The molecular formula is C11H11NO. The van der Waals surface area contributed by atoms with E-state index in [-0.39, 0.29) is 0 Å². The molecule has 0 heterocycles. The second-order valence-corrected chi connectivity index (χ2v) is 3.02. The molecule has 0 fully saturated rings. The summed E-state index contributed by atoms with van der Waals surface area (Å²) < 4.78 is 0. The van der Waals surface area contributed by atoms with E-state index < -0.39 is 0 Å². The van der Waals surface area contributed by atoms with Crippen LogP contribution < -0.4 is 5.48 Å². The summed E-state index contributed by atoms with van der Waals surface area (Å²) in [6.07, 6.45) is 0. The first-order valence-corrected chi connectivity index (χ1v) is 4.25. The number of hydrogen-bond donors (Lipinski definition) is 2. The van der Waals surface area contributed by atoms with E-state index in [1.165, 1.54) is 10.8 Å². The second-order valence-electron chi connectivity index (χ2n) is 3.02. The highest BCUT2D eigenvalue weighted by Crippen LogP contribution is 2.15. The van der Waals surface area contributed by atoms with Crippen molar-refractivity contribution in [1.29, 1.82) is 0 Å². The first-order chi connectivity index (χ1) is 6.40. The Morgan fingerprint density at radius 3 is 2.54 bits per heavy atom. The lowest BCUT2D eigenvalue weighted by molar-refractivity contribution is 0.161. The SMILES string of the molecule is ONCc1ccc2ccccc2c1. The molecule has 13 heavy (non-hydrogen) atoms. The second kappa shape index (κ2) is 3.56. The van der Waals surface area contributed by atoms with Crippen LogP contribution in [0.1, 0.15) is 5.56 Å². The third-order valence-corrected chi connectivity index (χ3v) is 2.10. The van der Waals surface area contributed by atoms with Gasteiger partial charge < -0.3 is 5.21 Å². The first kappa shape index (κ1) is 8.23. The van der Waals surface area contributed by atoms with Crippen LogP contribution in [0.2, 0.25) is 0 Å². The average molecular weight is 173 g/mol. The van der Waals surface area contributed by atoms with Gasteiger partial charge in [-0.05, 0) is 22.4 Å². The molecule has 0 radical (unpaired) electrons. The summed E-state index contributed by atoms with van der Waals surface area (Å²) in [5, 5.41) is 11.0. The summed E-state index contributed by atoms with van der Waals surface area (Å²) in [6.45, 7) is 0.491. The molecule has 0 bridgehead atoms. The number of fused-ring (bicyclic) bond motifs is 1. The lowest BCUT2D eigenvalue weighted by Crippen LogP contribution is -2.05. The van der Waals surface area contributed by atoms with Crippen LogP contribution in [0.3, 0.4) is 0 Å². The Bertz CT molecular complexity index is 412. The minimum atomic E-state index is 0.491. The molecule has 0 aliphatic rings. The van der Waals surface area contributed by atoms with Crippen molar-refractivity contribution in [2.45, 2.75) is 6.54 Å². The molecule has 0 saturated carbocycles. The molecular weight excluding hydrogens is 162 g/mol. The molecule has 2 aromatic rings. The number of nitrogens with one attached hydrogen (secondary N) is 1. The van der Waals surface area contributed by atoms with E-state index in [1.54, 1.807) is 0 Å². The zero-order chi connectivity index (χ0) is 9.10. The summed E-state index contributed by atoms with van der Waals surface area (Å²) in [7, 11) is 0. The molecule has 0 unspecified atom stereocenters. The molecule has 0 atom stereocenters. The number of benzene rings is 2. The van der Waals surface area contributed by atoms with Crippen LogP contribution in [0.4, 0.5) is 0 Å². The fourth-order valence-corrected chi connectivity index (χ4v) is 1.44. The van der Waals surface area contributed by atoms with Gasteiger partial charge in [0.2, 0.25) is 0 Å². The van der Waals surface area contributed by atoms with E-state index in [1.807, 2.05) is 18.2 Å². The van der Waals surface area contributed by atoms with E-state index in [9.17, 15) is 0 Å². The Kier molecular flexibility index (Phi) is 2.25. The van der Waals surface area contributed by atoms with Gasteiger partial charge in [-0.2, -0.15) is 0 Å². The maximum absolute atomic E-state index is 8.54. The number of rotatable bonds is 2. The Morgan fingerprint density at radius 1 is 1.00 bits per heavy atom. The molecule has 2 nitrogen and oxygen atoms in total. The maximum atomic E-state index is 8.54. The molecule has 0 aromatic heterocycles. The normalized spacial score (nSPS) is 10.5. The van der Waals surface area contributed by atoms with E-state index >= 15 is 0 Å². The molecule has 0 aliphatic heterocycles. The smallest absolute Gasteiger partial charge is 0.0458 e. The molecule has 66 valence electrons. The van der Waals surface area contributed by atoms with Crippen molar-refractivity contribution in [3.8, 4) is 0 Å². The van der Waals surface area contributed by atoms with Crippen LogP contribution in [0.15, 0.2) is 42.5 Å². The molecule has 0 aliphatic carbocycles. The monoisotopic (exact) mass is 173 g/mol. The van der Waals surface area contributed by atoms with Crippen molar-refractivity contribution in [3.05, 3.63) is 48.0 Å². The molecule has 0 amide bonds. The zero-order valence-electron chi connectivity index (χ0n) is 7.20.